The summed E-state index contributed by atoms with van der Waals surface area (Å²) in [6, 6.07) is 6.83. The van der Waals surface area contributed by atoms with Crippen molar-refractivity contribution in [3.8, 4) is 5.69 Å². The fourth-order valence-corrected chi connectivity index (χ4v) is 4.85. The monoisotopic (exact) mass is 431 g/mol. The number of pyridine rings is 1. The van der Waals surface area contributed by atoms with Gasteiger partial charge in [0, 0.05) is 55.6 Å². The SMILES string of the molecule is C[C@@H]1C[C@@H](N2CCOCC2)CN1c1cc(-n2ccnc2)c2ccc(Cl)c(Cl)c2n1. The van der Waals surface area contributed by atoms with Crippen LogP contribution in [0.2, 0.25) is 10.0 Å². The van der Waals surface area contributed by atoms with Crippen LogP contribution in [0.25, 0.3) is 16.6 Å². The molecule has 2 fully saturated rings. The summed E-state index contributed by atoms with van der Waals surface area (Å²) in [5, 5.41) is 1.96. The van der Waals surface area contributed by atoms with Gasteiger partial charge in [-0.3, -0.25) is 4.90 Å². The molecule has 3 aromatic rings. The molecule has 1 aromatic carbocycles. The van der Waals surface area contributed by atoms with Crippen molar-refractivity contribution >= 4 is 39.9 Å². The van der Waals surface area contributed by atoms with Crippen molar-refractivity contribution in [3.05, 3.63) is 47.0 Å². The van der Waals surface area contributed by atoms with Crippen molar-refractivity contribution in [1.82, 2.24) is 19.4 Å². The molecule has 8 heteroatoms. The number of benzene rings is 1. The van der Waals surface area contributed by atoms with Gasteiger partial charge in [-0.1, -0.05) is 23.2 Å². The first kappa shape index (κ1) is 19.1. The molecule has 0 bridgehead atoms. The van der Waals surface area contributed by atoms with Gasteiger partial charge in [-0.15, -0.1) is 0 Å². The van der Waals surface area contributed by atoms with E-state index in [1.54, 1.807) is 12.5 Å². The topological polar surface area (TPSA) is 46.4 Å². The van der Waals surface area contributed by atoms with Crippen LogP contribution in [0.5, 0.6) is 0 Å². The molecule has 152 valence electrons. The molecular formula is C21H23Cl2N5O. The summed E-state index contributed by atoms with van der Waals surface area (Å²) in [7, 11) is 0. The van der Waals surface area contributed by atoms with Crippen LogP contribution in [0.4, 0.5) is 5.82 Å². The van der Waals surface area contributed by atoms with Crippen molar-refractivity contribution in [3.63, 3.8) is 0 Å². The number of rotatable bonds is 3. The fraction of sp³-hybridized carbons (Fsp3) is 0.429. The molecule has 5 rings (SSSR count). The lowest BCUT2D eigenvalue weighted by Gasteiger charge is -2.32. The van der Waals surface area contributed by atoms with Crippen LogP contribution in [0.1, 0.15) is 13.3 Å². The molecule has 2 aromatic heterocycles. The summed E-state index contributed by atoms with van der Waals surface area (Å²) >= 11 is 12.9. The summed E-state index contributed by atoms with van der Waals surface area (Å²) in [4.78, 5) is 14.1. The number of anilines is 1. The fourth-order valence-electron chi connectivity index (χ4n) is 4.49. The Hall–Kier alpha value is -1.86. The van der Waals surface area contributed by atoms with Gasteiger partial charge in [-0.25, -0.2) is 9.97 Å². The highest BCUT2D eigenvalue weighted by atomic mass is 35.5. The first-order valence-electron chi connectivity index (χ1n) is 9.97. The average Bonchev–Trinajstić information content (AvgIpc) is 3.41. The zero-order valence-corrected chi connectivity index (χ0v) is 17.8. The van der Waals surface area contributed by atoms with Crippen molar-refractivity contribution in [1.29, 1.82) is 0 Å². The number of halogens is 2. The van der Waals surface area contributed by atoms with E-state index < -0.39 is 0 Å². The highest BCUT2D eigenvalue weighted by Gasteiger charge is 2.34. The van der Waals surface area contributed by atoms with Gasteiger partial charge in [-0.2, -0.15) is 0 Å². The van der Waals surface area contributed by atoms with Gasteiger partial charge >= 0.3 is 0 Å². The molecule has 0 amide bonds. The molecule has 29 heavy (non-hydrogen) atoms. The van der Waals surface area contributed by atoms with Crippen LogP contribution in [-0.2, 0) is 4.74 Å². The number of nitrogens with zero attached hydrogens (tertiary/aromatic N) is 5. The van der Waals surface area contributed by atoms with Crippen molar-refractivity contribution in [2.75, 3.05) is 37.7 Å². The Morgan fingerprint density at radius 2 is 2.00 bits per heavy atom. The zero-order valence-electron chi connectivity index (χ0n) is 16.3. The van der Waals surface area contributed by atoms with Crippen molar-refractivity contribution in [2.45, 2.75) is 25.4 Å². The third-order valence-corrected chi connectivity index (χ3v) is 6.82. The largest absolute Gasteiger partial charge is 0.379 e. The number of hydrogen-bond acceptors (Lipinski definition) is 5. The third-order valence-electron chi connectivity index (χ3n) is 6.03. The van der Waals surface area contributed by atoms with Crippen LogP contribution in [0.15, 0.2) is 36.9 Å². The van der Waals surface area contributed by atoms with Crippen LogP contribution in [0.3, 0.4) is 0 Å². The van der Waals surface area contributed by atoms with Crippen LogP contribution in [0, 0.1) is 0 Å². The van der Waals surface area contributed by atoms with E-state index in [1.807, 2.05) is 22.9 Å². The Labute approximate surface area is 180 Å². The predicted octanol–water partition coefficient (Wildman–Crippen LogP) is 4.03. The minimum Gasteiger partial charge on any atom is -0.379 e. The number of hydrogen-bond donors (Lipinski definition) is 0. The summed E-state index contributed by atoms with van der Waals surface area (Å²) in [5.74, 6) is 0.925. The Morgan fingerprint density at radius 1 is 1.17 bits per heavy atom. The Balaban J connectivity index is 1.57. The molecule has 0 N–H and O–H groups in total. The number of aromatic nitrogens is 3. The second kappa shape index (κ2) is 7.76. The lowest BCUT2D eigenvalue weighted by atomic mass is 10.1. The van der Waals surface area contributed by atoms with Gasteiger partial charge in [0.2, 0.25) is 0 Å². The number of morpholine rings is 1. The summed E-state index contributed by atoms with van der Waals surface area (Å²) in [6.45, 7) is 6.84. The predicted molar refractivity (Wildman–Crippen MR) is 116 cm³/mol. The lowest BCUT2D eigenvalue weighted by molar-refractivity contribution is 0.0204. The molecule has 6 nitrogen and oxygen atoms in total. The van der Waals surface area contributed by atoms with E-state index in [-0.39, 0.29) is 0 Å². The van der Waals surface area contributed by atoms with Crippen molar-refractivity contribution in [2.24, 2.45) is 0 Å². The van der Waals surface area contributed by atoms with Gasteiger partial charge in [0.1, 0.15) is 5.82 Å². The molecule has 2 atom stereocenters. The minimum atomic E-state index is 0.390. The lowest BCUT2D eigenvalue weighted by Crippen LogP contribution is -2.44. The van der Waals surface area contributed by atoms with Crippen LogP contribution in [-0.4, -0.2) is 64.4 Å². The first-order chi connectivity index (χ1) is 14.1. The zero-order chi connectivity index (χ0) is 20.0. The third kappa shape index (κ3) is 3.48. The summed E-state index contributed by atoms with van der Waals surface area (Å²) in [5.41, 5.74) is 1.73. The maximum absolute atomic E-state index is 6.56. The minimum absolute atomic E-state index is 0.390. The summed E-state index contributed by atoms with van der Waals surface area (Å²) < 4.78 is 7.52. The standard InChI is InChI=1S/C21H23Cl2N5O/c1-14-10-15(26-6-8-29-9-7-26)12-28(14)19-11-18(27-5-4-24-13-27)16-2-3-17(22)20(23)21(16)25-19/h2-5,11,13-15H,6-10,12H2,1H3/t14-,15-/m1/s1. The van der Waals surface area contributed by atoms with E-state index in [0.29, 0.717) is 22.1 Å². The van der Waals surface area contributed by atoms with Gasteiger partial charge in [0.05, 0.1) is 40.8 Å². The van der Waals surface area contributed by atoms with Crippen LogP contribution >= 0.6 is 23.2 Å². The second-order valence-corrected chi connectivity index (χ2v) is 8.55. The smallest absolute Gasteiger partial charge is 0.131 e. The van der Waals surface area contributed by atoms with E-state index in [4.69, 9.17) is 32.9 Å². The summed E-state index contributed by atoms with van der Waals surface area (Å²) in [6.07, 6.45) is 6.62. The van der Waals surface area contributed by atoms with E-state index in [9.17, 15) is 0 Å². The van der Waals surface area contributed by atoms with E-state index in [2.05, 4.69) is 27.8 Å². The Morgan fingerprint density at radius 3 is 2.76 bits per heavy atom. The maximum atomic E-state index is 6.56. The van der Waals surface area contributed by atoms with Gasteiger partial charge < -0.3 is 14.2 Å². The normalized spacial score (nSPS) is 23.2. The molecule has 0 aliphatic carbocycles. The Bertz CT molecular complexity index is 1020. The number of fused-ring (bicyclic) bond motifs is 1. The molecule has 0 radical (unpaired) electrons. The maximum Gasteiger partial charge on any atom is 0.131 e. The second-order valence-electron chi connectivity index (χ2n) is 7.77. The van der Waals surface area contributed by atoms with Gasteiger partial charge in [0.15, 0.2) is 0 Å². The van der Waals surface area contributed by atoms with E-state index in [0.717, 1.165) is 61.7 Å². The number of ether oxygens (including phenoxy) is 1. The molecule has 0 spiro atoms. The molecule has 0 unspecified atom stereocenters. The molecule has 4 heterocycles. The first-order valence-corrected chi connectivity index (χ1v) is 10.7. The van der Waals surface area contributed by atoms with Gasteiger partial charge in [-0.05, 0) is 25.5 Å². The van der Waals surface area contributed by atoms with E-state index in [1.165, 1.54) is 0 Å². The molecule has 2 aliphatic rings. The molecule has 2 aliphatic heterocycles. The molecule has 0 saturated carbocycles. The van der Waals surface area contributed by atoms with Gasteiger partial charge in [0.25, 0.3) is 0 Å². The van der Waals surface area contributed by atoms with E-state index >= 15 is 0 Å². The average molecular weight is 432 g/mol. The number of imidazole rings is 1. The molecule has 2 saturated heterocycles. The Kier molecular flexibility index (Phi) is 5.12. The quantitative estimate of drug-likeness (QED) is 0.626. The highest BCUT2D eigenvalue weighted by Crippen LogP contribution is 2.36. The van der Waals surface area contributed by atoms with Crippen molar-refractivity contribution < 1.29 is 4.74 Å². The molecular weight excluding hydrogens is 409 g/mol. The van der Waals surface area contributed by atoms with Crippen LogP contribution < -0.4 is 4.90 Å². The highest BCUT2D eigenvalue weighted by molar-refractivity contribution is 6.45.